The Balaban J connectivity index is 1.36. The molecule has 0 radical (unpaired) electrons. The quantitative estimate of drug-likeness (QED) is 0.449. The second kappa shape index (κ2) is 8.12. The minimum absolute atomic E-state index is 0.00613. The highest BCUT2D eigenvalue weighted by Gasteiger charge is 2.28. The van der Waals surface area contributed by atoms with Gasteiger partial charge in [0.25, 0.3) is 5.56 Å². The summed E-state index contributed by atoms with van der Waals surface area (Å²) in [6.07, 6.45) is 1.67. The van der Waals surface area contributed by atoms with Gasteiger partial charge >= 0.3 is 5.97 Å². The molecule has 0 bridgehead atoms. The molecule has 0 amide bonds. The fourth-order valence-corrected chi connectivity index (χ4v) is 4.15. The van der Waals surface area contributed by atoms with E-state index in [2.05, 4.69) is 10.1 Å². The highest BCUT2D eigenvalue weighted by Crippen LogP contribution is 2.32. The fraction of sp³-hybridized carbons (Fsp3) is 0.300. The third kappa shape index (κ3) is 4.04. The smallest absolute Gasteiger partial charge is 0.308 e. The number of aromatic nitrogens is 3. The highest BCUT2D eigenvalue weighted by atomic mass is 32.2. The number of hydrogen-bond acceptors (Lipinski definition) is 8. The lowest BCUT2D eigenvalue weighted by Crippen LogP contribution is -2.27. The van der Waals surface area contributed by atoms with Gasteiger partial charge in [-0.1, -0.05) is 16.9 Å². The first-order valence-electron chi connectivity index (χ1n) is 9.01. The van der Waals surface area contributed by atoms with Crippen LogP contribution in [0.1, 0.15) is 23.7 Å². The molecule has 3 aromatic rings. The van der Waals surface area contributed by atoms with Crippen LogP contribution < -0.4 is 10.3 Å². The molecule has 9 heteroatoms. The Morgan fingerprint density at radius 3 is 2.90 bits per heavy atom. The van der Waals surface area contributed by atoms with Crippen LogP contribution in [0.15, 0.2) is 51.0 Å². The molecule has 4 rings (SSSR count). The van der Waals surface area contributed by atoms with Crippen LogP contribution in [0.2, 0.25) is 0 Å². The number of aryl methyl sites for hydroxylation is 1. The van der Waals surface area contributed by atoms with E-state index in [-0.39, 0.29) is 24.6 Å². The number of hydrogen-bond donors (Lipinski definition) is 0. The van der Waals surface area contributed by atoms with Crippen molar-refractivity contribution in [3.8, 4) is 17.1 Å². The molecule has 29 heavy (non-hydrogen) atoms. The monoisotopic (exact) mass is 413 g/mol. The summed E-state index contributed by atoms with van der Waals surface area (Å²) in [6, 6.07) is 8.85. The van der Waals surface area contributed by atoms with Gasteiger partial charge in [-0.25, -0.2) is 4.98 Å². The first kappa shape index (κ1) is 19.3. The molecule has 0 spiro atoms. The standard InChI is InChI=1S/C20H19N3O5S/c1-12-9-21-20-23(19(12)25)15(11-29-20)8-18(24)27-10-14-7-17(28-22-14)13-3-5-16(26-2)6-4-13/h3-7,9,15H,8,10-11H2,1-2H3. The maximum absolute atomic E-state index is 12.3. The number of thioether (sulfide) groups is 1. The largest absolute Gasteiger partial charge is 0.497 e. The van der Waals surface area contributed by atoms with E-state index >= 15 is 0 Å². The van der Waals surface area contributed by atoms with E-state index in [1.165, 1.54) is 11.8 Å². The van der Waals surface area contributed by atoms with Crippen LogP contribution in [0.3, 0.4) is 0 Å². The molecule has 0 saturated heterocycles. The van der Waals surface area contributed by atoms with Crippen molar-refractivity contribution < 1.29 is 18.8 Å². The Labute approximate surface area is 170 Å². The van der Waals surface area contributed by atoms with Crippen LogP contribution in [0.4, 0.5) is 0 Å². The Kier molecular flexibility index (Phi) is 5.39. The van der Waals surface area contributed by atoms with Crippen molar-refractivity contribution in [2.75, 3.05) is 12.9 Å². The van der Waals surface area contributed by atoms with Crippen LogP contribution in [0.25, 0.3) is 11.3 Å². The average Bonchev–Trinajstić information content (AvgIpc) is 3.37. The van der Waals surface area contributed by atoms with Crippen LogP contribution in [-0.2, 0) is 16.1 Å². The zero-order valence-electron chi connectivity index (χ0n) is 16.0. The van der Waals surface area contributed by atoms with E-state index in [9.17, 15) is 9.59 Å². The molecule has 0 N–H and O–H groups in total. The van der Waals surface area contributed by atoms with Crippen LogP contribution >= 0.6 is 11.8 Å². The number of benzene rings is 1. The summed E-state index contributed by atoms with van der Waals surface area (Å²) in [4.78, 5) is 28.9. The summed E-state index contributed by atoms with van der Waals surface area (Å²) in [5, 5.41) is 4.59. The molecule has 0 fully saturated rings. The third-order valence-corrected chi connectivity index (χ3v) is 5.73. The molecule has 1 atom stereocenters. The van der Waals surface area contributed by atoms with Gasteiger partial charge in [0, 0.05) is 29.1 Å². The predicted molar refractivity (Wildman–Crippen MR) is 106 cm³/mol. The lowest BCUT2D eigenvalue weighted by Gasteiger charge is -2.12. The number of methoxy groups -OCH3 is 1. The first-order chi connectivity index (χ1) is 14.0. The van der Waals surface area contributed by atoms with Crippen molar-refractivity contribution in [3.63, 3.8) is 0 Å². The molecular formula is C20H19N3O5S. The normalized spacial score (nSPS) is 15.2. The first-order valence-corrected chi connectivity index (χ1v) is 10.0. The van der Waals surface area contributed by atoms with Crippen molar-refractivity contribution in [2.45, 2.75) is 31.1 Å². The number of ether oxygens (including phenoxy) is 2. The van der Waals surface area contributed by atoms with Crippen molar-refractivity contribution in [1.82, 2.24) is 14.7 Å². The number of carbonyl (C=O) groups is 1. The van der Waals surface area contributed by atoms with Crippen molar-refractivity contribution in [2.24, 2.45) is 0 Å². The minimum Gasteiger partial charge on any atom is -0.497 e. The average molecular weight is 413 g/mol. The minimum atomic E-state index is -0.397. The maximum Gasteiger partial charge on any atom is 0.308 e. The fourth-order valence-electron chi connectivity index (χ4n) is 3.05. The summed E-state index contributed by atoms with van der Waals surface area (Å²) in [7, 11) is 1.60. The lowest BCUT2D eigenvalue weighted by atomic mass is 10.1. The Hall–Kier alpha value is -3.07. The number of esters is 1. The SMILES string of the molecule is COc1ccc(-c2cc(COC(=O)CC3CSc4ncc(C)c(=O)n43)no2)cc1. The van der Waals surface area contributed by atoms with E-state index in [0.717, 1.165) is 11.3 Å². The molecule has 0 saturated carbocycles. The molecule has 3 heterocycles. The molecule has 8 nitrogen and oxygen atoms in total. The van der Waals surface area contributed by atoms with E-state index in [1.807, 2.05) is 24.3 Å². The third-order valence-electron chi connectivity index (χ3n) is 4.62. The van der Waals surface area contributed by atoms with Gasteiger partial charge < -0.3 is 14.0 Å². The van der Waals surface area contributed by atoms with Crippen molar-refractivity contribution in [3.05, 3.63) is 58.1 Å². The highest BCUT2D eigenvalue weighted by molar-refractivity contribution is 7.99. The molecule has 150 valence electrons. The molecule has 0 aliphatic carbocycles. The van der Waals surface area contributed by atoms with Gasteiger partial charge in [-0.05, 0) is 31.2 Å². The van der Waals surface area contributed by atoms with E-state index in [1.54, 1.807) is 30.9 Å². The summed E-state index contributed by atoms with van der Waals surface area (Å²) in [5.41, 5.74) is 1.81. The van der Waals surface area contributed by atoms with E-state index in [0.29, 0.717) is 27.9 Å². The van der Waals surface area contributed by atoms with E-state index in [4.69, 9.17) is 14.0 Å². The molecule has 1 aliphatic heterocycles. The van der Waals surface area contributed by atoms with Crippen LogP contribution in [-0.4, -0.2) is 33.5 Å². The number of carbonyl (C=O) groups excluding carboxylic acids is 1. The van der Waals surface area contributed by atoms with Crippen LogP contribution in [0.5, 0.6) is 5.75 Å². The summed E-state index contributed by atoms with van der Waals surface area (Å²) in [6.45, 7) is 1.72. The maximum atomic E-state index is 12.3. The Morgan fingerprint density at radius 2 is 2.14 bits per heavy atom. The van der Waals surface area contributed by atoms with Gasteiger partial charge in [0.2, 0.25) is 0 Å². The predicted octanol–water partition coefficient (Wildman–Crippen LogP) is 3.00. The summed E-state index contributed by atoms with van der Waals surface area (Å²) >= 11 is 1.47. The summed E-state index contributed by atoms with van der Waals surface area (Å²) < 4.78 is 17.4. The summed E-state index contributed by atoms with van der Waals surface area (Å²) in [5.74, 6) is 1.55. The molecule has 2 aromatic heterocycles. The van der Waals surface area contributed by atoms with Gasteiger partial charge in [0.1, 0.15) is 18.1 Å². The van der Waals surface area contributed by atoms with Crippen LogP contribution in [0, 0.1) is 6.92 Å². The lowest BCUT2D eigenvalue weighted by molar-refractivity contribution is -0.145. The number of fused-ring (bicyclic) bond motifs is 1. The van der Waals surface area contributed by atoms with Gasteiger partial charge in [-0.15, -0.1) is 0 Å². The van der Waals surface area contributed by atoms with Crippen molar-refractivity contribution in [1.29, 1.82) is 0 Å². The Morgan fingerprint density at radius 1 is 1.34 bits per heavy atom. The Bertz CT molecular complexity index is 1090. The number of rotatable bonds is 6. The van der Waals surface area contributed by atoms with Gasteiger partial charge in [0.15, 0.2) is 10.9 Å². The molecule has 1 aliphatic rings. The zero-order chi connectivity index (χ0) is 20.4. The second-order valence-electron chi connectivity index (χ2n) is 6.64. The van der Waals surface area contributed by atoms with Gasteiger partial charge in [-0.2, -0.15) is 0 Å². The molecular weight excluding hydrogens is 394 g/mol. The zero-order valence-corrected chi connectivity index (χ0v) is 16.8. The molecule has 1 aromatic carbocycles. The van der Waals surface area contributed by atoms with E-state index < -0.39 is 5.97 Å². The topological polar surface area (TPSA) is 96.5 Å². The second-order valence-corrected chi connectivity index (χ2v) is 7.63. The van der Waals surface area contributed by atoms with Gasteiger partial charge in [0.05, 0.1) is 19.6 Å². The number of nitrogens with zero attached hydrogens (tertiary/aromatic N) is 3. The van der Waals surface area contributed by atoms with Crippen molar-refractivity contribution >= 4 is 17.7 Å². The molecule has 1 unspecified atom stereocenters. The van der Waals surface area contributed by atoms with Gasteiger partial charge in [-0.3, -0.25) is 14.2 Å².